The minimum absolute atomic E-state index is 0.447. The van der Waals surface area contributed by atoms with Crippen LogP contribution < -0.4 is 20.4 Å². The maximum Gasteiger partial charge on any atom is 0.498 e. The van der Waals surface area contributed by atoms with Crippen LogP contribution in [0.2, 0.25) is 0 Å². The summed E-state index contributed by atoms with van der Waals surface area (Å²) in [7, 11) is -1.10. The van der Waals surface area contributed by atoms with Crippen LogP contribution in [0.1, 0.15) is 55.4 Å². The van der Waals surface area contributed by atoms with Gasteiger partial charge in [0, 0.05) is 10.9 Å². The SMILES string of the molecule is CC1(C)OB(c2cccc3c2Oc2cccc(B4OC(C)(C)C(C)(C)O4)c2O3)OC1(C)C. The Morgan fingerprint density at radius 2 is 0.812 bits per heavy atom. The van der Waals surface area contributed by atoms with Crippen LogP contribution in [-0.2, 0) is 18.6 Å². The van der Waals surface area contributed by atoms with Crippen LogP contribution >= 0.6 is 0 Å². The largest absolute Gasteiger partial charge is 0.498 e. The molecule has 2 aromatic carbocycles. The van der Waals surface area contributed by atoms with Gasteiger partial charge in [-0.25, -0.2) is 0 Å². The zero-order valence-electron chi connectivity index (χ0n) is 20.1. The first-order chi connectivity index (χ1) is 14.8. The van der Waals surface area contributed by atoms with Crippen molar-refractivity contribution in [3.05, 3.63) is 36.4 Å². The fraction of sp³-hybridized carbons (Fsp3) is 0.500. The van der Waals surface area contributed by atoms with Crippen molar-refractivity contribution in [1.82, 2.24) is 0 Å². The molecule has 0 N–H and O–H groups in total. The van der Waals surface area contributed by atoms with Gasteiger partial charge in [-0.2, -0.15) is 0 Å². The van der Waals surface area contributed by atoms with E-state index in [1.54, 1.807) is 0 Å². The summed E-state index contributed by atoms with van der Waals surface area (Å²) in [6.07, 6.45) is 0. The lowest BCUT2D eigenvalue weighted by atomic mass is 9.77. The molecule has 2 fully saturated rings. The van der Waals surface area contributed by atoms with Gasteiger partial charge in [0.25, 0.3) is 0 Å². The minimum atomic E-state index is -0.550. The lowest BCUT2D eigenvalue weighted by molar-refractivity contribution is 0.00578. The zero-order chi connectivity index (χ0) is 23.1. The summed E-state index contributed by atoms with van der Waals surface area (Å²) in [5.41, 5.74) is -0.189. The maximum absolute atomic E-state index is 6.37. The highest BCUT2D eigenvalue weighted by molar-refractivity contribution is 6.64. The first-order valence-corrected chi connectivity index (χ1v) is 11.1. The van der Waals surface area contributed by atoms with Crippen LogP contribution in [0, 0.1) is 0 Å². The highest BCUT2D eigenvalue weighted by Crippen LogP contribution is 2.46. The number of fused-ring (bicyclic) bond motifs is 2. The number of hydrogen-bond acceptors (Lipinski definition) is 6. The van der Waals surface area contributed by atoms with Crippen LogP contribution in [0.5, 0.6) is 23.0 Å². The van der Waals surface area contributed by atoms with Crippen LogP contribution in [-0.4, -0.2) is 36.6 Å². The molecule has 5 rings (SSSR count). The summed E-state index contributed by atoms with van der Waals surface area (Å²) < 4.78 is 37.8. The second-order valence-electron chi connectivity index (χ2n) is 10.7. The summed E-state index contributed by atoms with van der Waals surface area (Å²) in [4.78, 5) is 0. The molecule has 168 valence electrons. The second kappa shape index (κ2) is 6.76. The van der Waals surface area contributed by atoms with Crippen molar-refractivity contribution in [3.8, 4) is 23.0 Å². The normalized spacial score (nSPS) is 23.9. The highest BCUT2D eigenvalue weighted by atomic mass is 16.7. The predicted molar refractivity (Wildman–Crippen MR) is 124 cm³/mol. The molecular formula is C24H30B2O6. The van der Waals surface area contributed by atoms with Gasteiger partial charge in [0.1, 0.15) is 0 Å². The van der Waals surface area contributed by atoms with Gasteiger partial charge in [0.15, 0.2) is 23.0 Å². The van der Waals surface area contributed by atoms with Gasteiger partial charge in [-0.05, 0) is 67.5 Å². The van der Waals surface area contributed by atoms with Gasteiger partial charge >= 0.3 is 14.2 Å². The fourth-order valence-electron chi connectivity index (χ4n) is 3.98. The molecule has 8 heteroatoms. The monoisotopic (exact) mass is 436 g/mol. The fourth-order valence-corrected chi connectivity index (χ4v) is 3.98. The van der Waals surface area contributed by atoms with Crippen molar-refractivity contribution in [3.63, 3.8) is 0 Å². The first kappa shape index (κ1) is 21.8. The van der Waals surface area contributed by atoms with Crippen LogP contribution in [0.25, 0.3) is 0 Å². The molecule has 0 unspecified atom stereocenters. The summed E-state index contributed by atoms with van der Waals surface area (Å²) >= 11 is 0. The standard InChI is InChI=1S/C24H30B2O6/c1-21(2)22(3,4)30-25(29-21)15-11-9-13-17-19(15)27-18-14-10-12-16(20(18)28-17)26-31-23(5,6)24(7,8)32-26/h9-14H,1-8H3. The first-order valence-electron chi connectivity index (χ1n) is 11.1. The zero-order valence-corrected chi connectivity index (χ0v) is 20.1. The van der Waals surface area contributed by atoms with Gasteiger partial charge in [-0.15, -0.1) is 0 Å². The van der Waals surface area contributed by atoms with Gasteiger partial charge < -0.3 is 28.1 Å². The van der Waals surface area contributed by atoms with Crippen molar-refractivity contribution < 1.29 is 28.1 Å². The Bertz CT molecular complexity index is 961. The molecule has 0 spiro atoms. The Kier molecular flexibility index (Phi) is 4.61. The van der Waals surface area contributed by atoms with Crippen LogP contribution in [0.4, 0.5) is 0 Å². The third-order valence-corrected chi connectivity index (χ3v) is 7.46. The van der Waals surface area contributed by atoms with E-state index in [2.05, 4.69) is 0 Å². The molecule has 0 amide bonds. The van der Waals surface area contributed by atoms with Crippen LogP contribution in [0.3, 0.4) is 0 Å². The van der Waals surface area contributed by atoms with Crippen LogP contribution in [0.15, 0.2) is 36.4 Å². The molecule has 3 heterocycles. The van der Waals surface area contributed by atoms with Crippen molar-refractivity contribution >= 4 is 25.2 Å². The molecule has 6 nitrogen and oxygen atoms in total. The third-order valence-electron chi connectivity index (χ3n) is 7.46. The maximum atomic E-state index is 6.37. The van der Waals surface area contributed by atoms with E-state index >= 15 is 0 Å². The quantitative estimate of drug-likeness (QED) is 0.562. The third kappa shape index (κ3) is 3.19. The predicted octanol–water partition coefficient (Wildman–Crippen LogP) is 4.18. The number of rotatable bonds is 2. The van der Waals surface area contributed by atoms with Crippen molar-refractivity contribution in [2.45, 2.75) is 77.8 Å². The summed E-state index contributed by atoms with van der Waals surface area (Å²) in [5, 5.41) is 0. The van der Waals surface area contributed by atoms with Gasteiger partial charge in [-0.1, -0.05) is 24.3 Å². The molecule has 32 heavy (non-hydrogen) atoms. The van der Waals surface area contributed by atoms with E-state index in [-0.39, 0.29) is 0 Å². The molecule has 2 saturated heterocycles. The lowest BCUT2D eigenvalue weighted by Gasteiger charge is -2.32. The van der Waals surface area contributed by atoms with Gasteiger partial charge in [-0.3, -0.25) is 0 Å². The van der Waals surface area contributed by atoms with Gasteiger partial charge in [0.2, 0.25) is 0 Å². The summed E-state index contributed by atoms with van der Waals surface area (Å²) in [6.45, 7) is 16.3. The lowest BCUT2D eigenvalue weighted by Crippen LogP contribution is -2.41. The van der Waals surface area contributed by atoms with E-state index in [1.807, 2.05) is 91.8 Å². The molecule has 0 radical (unpaired) electrons. The molecule has 2 aromatic rings. The van der Waals surface area contributed by atoms with E-state index in [0.717, 1.165) is 10.9 Å². The van der Waals surface area contributed by atoms with E-state index in [1.165, 1.54) is 0 Å². The smallest absolute Gasteiger partial charge is 0.450 e. The molecule has 3 aliphatic rings. The number of hydrogen-bond donors (Lipinski definition) is 0. The Morgan fingerprint density at radius 3 is 1.12 bits per heavy atom. The number of ether oxygens (including phenoxy) is 2. The summed E-state index contributed by atoms with van der Waals surface area (Å²) in [6, 6.07) is 11.5. The second-order valence-corrected chi connectivity index (χ2v) is 10.7. The number of para-hydroxylation sites is 2. The van der Waals surface area contributed by atoms with Crippen molar-refractivity contribution in [1.29, 1.82) is 0 Å². The Hall–Kier alpha value is -1.99. The average molecular weight is 436 g/mol. The Labute approximate surface area is 190 Å². The Balaban J connectivity index is 1.49. The molecule has 0 aromatic heterocycles. The van der Waals surface area contributed by atoms with Crippen molar-refractivity contribution in [2.24, 2.45) is 0 Å². The molecule has 0 atom stereocenters. The minimum Gasteiger partial charge on any atom is -0.450 e. The summed E-state index contributed by atoms with van der Waals surface area (Å²) in [5.74, 6) is 2.41. The van der Waals surface area contributed by atoms with Crippen molar-refractivity contribution in [2.75, 3.05) is 0 Å². The van der Waals surface area contributed by atoms with E-state index in [4.69, 9.17) is 28.1 Å². The molecule has 3 aliphatic heterocycles. The highest BCUT2D eigenvalue weighted by Gasteiger charge is 2.54. The van der Waals surface area contributed by atoms with E-state index in [9.17, 15) is 0 Å². The van der Waals surface area contributed by atoms with E-state index < -0.39 is 36.6 Å². The Morgan fingerprint density at radius 1 is 0.500 bits per heavy atom. The average Bonchev–Trinajstić information content (AvgIpc) is 3.04. The molecule has 0 saturated carbocycles. The number of benzene rings is 2. The van der Waals surface area contributed by atoms with Gasteiger partial charge in [0.05, 0.1) is 22.4 Å². The molecular weight excluding hydrogens is 406 g/mol. The van der Waals surface area contributed by atoms with E-state index in [0.29, 0.717) is 23.0 Å². The molecule has 0 aliphatic carbocycles. The topological polar surface area (TPSA) is 55.4 Å². The molecule has 0 bridgehead atoms.